The summed E-state index contributed by atoms with van der Waals surface area (Å²) in [6.45, 7) is 5.24. The summed E-state index contributed by atoms with van der Waals surface area (Å²) in [6, 6.07) is 0. The van der Waals surface area contributed by atoms with E-state index in [9.17, 15) is 4.79 Å². The summed E-state index contributed by atoms with van der Waals surface area (Å²) in [5.74, 6) is 0.138. The Morgan fingerprint density at radius 1 is 1.39 bits per heavy atom. The number of ether oxygens (including phenoxy) is 1. The van der Waals surface area contributed by atoms with E-state index in [0.717, 1.165) is 24.2 Å². The molecule has 0 atom stereocenters. The van der Waals surface area contributed by atoms with E-state index in [1.165, 1.54) is 0 Å². The van der Waals surface area contributed by atoms with Crippen LogP contribution in [0.4, 0.5) is 0 Å². The molecular weight excluding hydrogens is 252 g/mol. The van der Waals surface area contributed by atoms with Crippen LogP contribution in [0.3, 0.4) is 0 Å². The molecule has 1 aromatic rings. The van der Waals surface area contributed by atoms with Gasteiger partial charge in [-0.2, -0.15) is 5.10 Å². The molecule has 1 rings (SSSR count). The van der Waals surface area contributed by atoms with Crippen molar-refractivity contribution in [2.75, 3.05) is 13.2 Å². The molecule has 5 heteroatoms. The highest BCUT2D eigenvalue weighted by Crippen LogP contribution is 2.21. The van der Waals surface area contributed by atoms with Gasteiger partial charge in [0.2, 0.25) is 0 Å². The summed E-state index contributed by atoms with van der Waals surface area (Å²) in [4.78, 5) is 11.8. The highest BCUT2D eigenvalue weighted by Gasteiger charge is 2.15. The standard InChI is InChI=1S/C13H21ClN2O2/c1-4-7-18-8-6-10(17)9-12-13(14)11(5-2)15-16(12)3/h4-9H2,1-3H3. The molecule has 0 saturated carbocycles. The van der Waals surface area contributed by atoms with Gasteiger partial charge in [0.1, 0.15) is 5.78 Å². The van der Waals surface area contributed by atoms with Crippen molar-refractivity contribution >= 4 is 17.4 Å². The normalized spacial score (nSPS) is 10.9. The molecule has 102 valence electrons. The fraction of sp³-hybridized carbons (Fsp3) is 0.692. The van der Waals surface area contributed by atoms with Gasteiger partial charge >= 0.3 is 0 Å². The summed E-state index contributed by atoms with van der Waals surface area (Å²) in [5.41, 5.74) is 1.65. The van der Waals surface area contributed by atoms with E-state index in [2.05, 4.69) is 5.10 Å². The zero-order valence-corrected chi connectivity index (χ0v) is 12.1. The minimum absolute atomic E-state index is 0.138. The van der Waals surface area contributed by atoms with Crippen molar-refractivity contribution in [3.05, 3.63) is 16.4 Å². The number of nitrogens with zero attached hydrogens (tertiary/aromatic N) is 2. The largest absolute Gasteiger partial charge is 0.381 e. The Labute approximate surface area is 113 Å². The van der Waals surface area contributed by atoms with Crippen LogP contribution in [0.15, 0.2) is 0 Å². The van der Waals surface area contributed by atoms with E-state index in [0.29, 0.717) is 31.1 Å². The van der Waals surface area contributed by atoms with Gasteiger partial charge in [-0.3, -0.25) is 9.48 Å². The highest BCUT2D eigenvalue weighted by atomic mass is 35.5. The Kier molecular flexibility index (Phi) is 6.36. The monoisotopic (exact) mass is 272 g/mol. The maximum Gasteiger partial charge on any atom is 0.141 e. The van der Waals surface area contributed by atoms with Gasteiger partial charge in [0.05, 0.1) is 23.0 Å². The third kappa shape index (κ3) is 4.10. The third-order valence-electron chi connectivity index (χ3n) is 2.74. The van der Waals surface area contributed by atoms with Crippen LogP contribution in [-0.2, 0) is 29.4 Å². The minimum Gasteiger partial charge on any atom is -0.381 e. The molecule has 1 aromatic heterocycles. The van der Waals surface area contributed by atoms with Crippen molar-refractivity contribution in [1.82, 2.24) is 9.78 Å². The fourth-order valence-electron chi connectivity index (χ4n) is 1.72. The topological polar surface area (TPSA) is 44.1 Å². The highest BCUT2D eigenvalue weighted by molar-refractivity contribution is 6.32. The van der Waals surface area contributed by atoms with Crippen LogP contribution in [0.25, 0.3) is 0 Å². The number of rotatable bonds is 8. The second kappa shape index (κ2) is 7.54. The molecule has 0 aliphatic heterocycles. The lowest BCUT2D eigenvalue weighted by Crippen LogP contribution is -2.10. The first-order valence-electron chi connectivity index (χ1n) is 6.39. The number of aryl methyl sites for hydroxylation is 2. The number of aromatic nitrogens is 2. The molecule has 0 aliphatic carbocycles. The van der Waals surface area contributed by atoms with Crippen molar-refractivity contribution in [2.45, 2.75) is 39.5 Å². The van der Waals surface area contributed by atoms with Crippen LogP contribution >= 0.6 is 11.6 Å². The molecule has 0 bridgehead atoms. The van der Waals surface area contributed by atoms with Gasteiger partial charge in [-0.15, -0.1) is 0 Å². The average Bonchev–Trinajstić information content (AvgIpc) is 2.62. The Morgan fingerprint density at radius 2 is 2.11 bits per heavy atom. The van der Waals surface area contributed by atoms with Gasteiger partial charge in [0.15, 0.2) is 0 Å². The second-order valence-corrected chi connectivity index (χ2v) is 4.64. The molecular formula is C13H21ClN2O2. The number of ketones is 1. The number of hydrogen-bond acceptors (Lipinski definition) is 3. The number of carbonyl (C=O) groups excluding carboxylic acids is 1. The molecule has 4 nitrogen and oxygen atoms in total. The Morgan fingerprint density at radius 3 is 2.67 bits per heavy atom. The molecule has 0 spiro atoms. The molecule has 0 fully saturated rings. The van der Waals surface area contributed by atoms with Gasteiger partial charge in [0, 0.05) is 26.5 Å². The van der Waals surface area contributed by atoms with Crippen LogP contribution < -0.4 is 0 Å². The van der Waals surface area contributed by atoms with E-state index in [1.807, 2.05) is 20.9 Å². The van der Waals surface area contributed by atoms with Crippen molar-refractivity contribution < 1.29 is 9.53 Å². The van der Waals surface area contributed by atoms with Crippen LogP contribution in [0.1, 0.15) is 38.1 Å². The molecule has 0 saturated heterocycles. The predicted octanol–water partition coefficient (Wildman–Crippen LogP) is 2.56. The maximum absolute atomic E-state index is 11.8. The van der Waals surface area contributed by atoms with E-state index >= 15 is 0 Å². The summed E-state index contributed by atoms with van der Waals surface area (Å²) in [6.07, 6.45) is 2.52. The number of hydrogen-bond donors (Lipinski definition) is 0. The maximum atomic E-state index is 11.8. The van der Waals surface area contributed by atoms with Crippen molar-refractivity contribution in [3.8, 4) is 0 Å². The van der Waals surface area contributed by atoms with Gasteiger partial charge < -0.3 is 4.74 Å². The molecule has 0 amide bonds. The number of Topliss-reactive ketones (excluding diaryl/α,β-unsaturated/α-hetero) is 1. The molecule has 0 aliphatic rings. The lowest BCUT2D eigenvalue weighted by molar-refractivity contribution is -0.119. The molecule has 1 heterocycles. The van der Waals surface area contributed by atoms with Crippen LogP contribution in [0.5, 0.6) is 0 Å². The molecule has 0 unspecified atom stereocenters. The van der Waals surface area contributed by atoms with Crippen molar-refractivity contribution in [1.29, 1.82) is 0 Å². The zero-order valence-electron chi connectivity index (χ0n) is 11.3. The van der Waals surface area contributed by atoms with Crippen molar-refractivity contribution in [3.63, 3.8) is 0 Å². The molecule has 0 aromatic carbocycles. The van der Waals surface area contributed by atoms with E-state index < -0.39 is 0 Å². The Balaban J connectivity index is 2.51. The minimum atomic E-state index is 0.138. The Bertz CT molecular complexity index is 402. The third-order valence-corrected chi connectivity index (χ3v) is 3.18. The van der Waals surface area contributed by atoms with Gasteiger partial charge in [0.25, 0.3) is 0 Å². The van der Waals surface area contributed by atoms with Gasteiger partial charge in [-0.1, -0.05) is 25.4 Å². The first kappa shape index (κ1) is 15.2. The van der Waals surface area contributed by atoms with Crippen LogP contribution in [0.2, 0.25) is 5.02 Å². The lowest BCUT2D eigenvalue weighted by Gasteiger charge is -2.03. The summed E-state index contributed by atoms with van der Waals surface area (Å²) in [7, 11) is 1.82. The summed E-state index contributed by atoms with van der Waals surface area (Å²) < 4.78 is 7.00. The van der Waals surface area contributed by atoms with E-state index in [1.54, 1.807) is 4.68 Å². The van der Waals surface area contributed by atoms with Crippen molar-refractivity contribution in [2.24, 2.45) is 7.05 Å². The van der Waals surface area contributed by atoms with Gasteiger partial charge in [-0.25, -0.2) is 0 Å². The molecule has 18 heavy (non-hydrogen) atoms. The number of halogens is 1. The molecule has 0 N–H and O–H groups in total. The SMILES string of the molecule is CCCOCCC(=O)Cc1c(Cl)c(CC)nn1C. The van der Waals surface area contributed by atoms with Crippen LogP contribution in [0, 0.1) is 0 Å². The smallest absolute Gasteiger partial charge is 0.141 e. The summed E-state index contributed by atoms with van der Waals surface area (Å²) in [5, 5.41) is 4.92. The quantitative estimate of drug-likeness (QED) is 0.683. The van der Waals surface area contributed by atoms with E-state index in [-0.39, 0.29) is 5.78 Å². The predicted molar refractivity (Wildman–Crippen MR) is 72.0 cm³/mol. The fourth-order valence-corrected chi connectivity index (χ4v) is 2.08. The summed E-state index contributed by atoms with van der Waals surface area (Å²) >= 11 is 6.19. The molecule has 0 radical (unpaired) electrons. The van der Waals surface area contributed by atoms with Crippen LogP contribution in [-0.4, -0.2) is 28.8 Å². The first-order chi connectivity index (χ1) is 8.60. The van der Waals surface area contributed by atoms with E-state index in [4.69, 9.17) is 16.3 Å². The average molecular weight is 273 g/mol. The first-order valence-corrected chi connectivity index (χ1v) is 6.77. The number of carbonyl (C=O) groups is 1. The zero-order chi connectivity index (χ0) is 13.5. The second-order valence-electron chi connectivity index (χ2n) is 4.26. The lowest BCUT2D eigenvalue weighted by atomic mass is 10.1. The van der Waals surface area contributed by atoms with Gasteiger partial charge in [-0.05, 0) is 12.8 Å². The Hall–Kier alpha value is -0.870.